The van der Waals surface area contributed by atoms with Gasteiger partial charge in [0.05, 0.1) is 0 Å². The zero-order valence-electron chi connectivity index (χ0n) is 7.55. The minimum absolute atomic E-state index is 0.816. The molecule has 2 rings (SSSR count). The zero-order chi connectivity index (χ0) is 9.64. The molecule has 0 bridgehead atoms. The Morgan fingerprint density at radius 1 is 1.21 bits per heavy atom. The third-order valence-corrected chi connectivity index (χ3v) is 2.63. The number of hydrogen-bond acceptors (Lipinski definition) is 3. The van der Waals surface area contributed by atoms with Crippen LogP contribution in [-0.4, -0.2) is 9.97 Å². The molecular weight excluding hydrogens is 192 g/mol. The van der Waals surface area contributed by atoms with Crippen molar-refractivity contribution in [1.82, 2.24) is 9.97 Å². The van der Waals surface area contributed by atoms with Crippen LogP contribution in [0, 0.1) is 6.07 Å². The summed E-state index contributed by atoms with van der Waals surface area (Å²) < 4.78 is 0. The van der Waals surface area contributed by atoms with Crippen LogP contribution in [0.15, 0.2) is 47.9 Å². The molecule has 0 fully saturated rings. The third kappa shape index (κ3) is 2.57. The molecule has 1 heterocycles. The molecule has 2 aromatic rings. The Balaban J connectivity index is 1.96. The predicted octanol–water partition coefficient (Wildman–Crippen LogP) is 2.57. The first-order chi connectivity index (χ1) is 6.95. The summed E-state index contributed by atoms with van der Waals surface area (Å²) in [6, 6.07) is 12.8. The Hall–Kier alpha value is -1.35. The summed E-state index contributed by atoms with van der Waals surface area (Å²) in [4.78, 5) is 8.27. The highest BCUT2D eigenvalue weighted by molar-refractivity contribution is 7.98. The van der Waals surface area contributed by atoms with Gasteiger partial charge in [-0.2, -0.15) is 0 Å². The highest BCUT2D eigenvalue weighted by Crippen LogP contribution is 2.17. The fourth-order valence-electron chi connectivity index (χ4n) is 1.03. The molecule has 1 radical (unpaired) electrons. The Morgan fingerprint density at radius 3 is 2.79 bits per heavy atom. The number of aromatic nitrogens is 2. The van der Waals surface area contributed by atoms with Crippen LogP contribution in [0.3, 0.4) is 0 Å². The molecule has 0 amide bonds. The average molecular weight is 201 g/mol. The van der Waals surface area contributed by atoms with Crippen LogP contribution >= 0.6 is 11.8 Å². The van der Waals surface area contributed by atoms with Crippen molar-refractivity contribution >= 4 is 11.8 Å². The quantitative estimate of drug-likeness (QED) is 0.564. The van der Waals surface area contributed by atoms with E-state index in [1.54, 1.807) is 24.2 Å². The van der Waals surface area contributed by atoms with Crippen molar-refractivity contribution in [2.75, 3.05) is 0 Å². The first-order valence-electron chi connectivity index (χ1n) is 4.30. The van der Waals surface area contributed by atoms with E-state index in [0.717, 1.165) is 10.9 Å². The smallest absolute Gasteiger partial charge is 0.187 e. The van der Waals surface area contributed by atoms with Gasteiger partial charge >= 0.3 is 0 Å². The van der Waals surface area contributed by atoms with E-state index in [1.807, 2.05) is 24.3 Å². The molecule has 2 nitrogen and oxygen atoms in total. The lowest BCUT2D eigenvalue weighted by molar-refractivity contribution is 0.966. The molecule has 69 valence electrons. The minimum Gasteiger partial charge on any atom is -0.231 e. The lowest BCUT2D eigenvalue weighted by atomic mass is 10.2. The van der Waals surface area contributed by atoms with Gasteiger partial charge in [0.25, 0.3) is 0 Å². The Labute approximate surface area is 87.4 Å². The summed E-state index contributed by atoms with van der Waals surface area (Å²) in [6.45, 7) is 0. The number of nitrogens with zero attached hydrogens (tertiary/aromatic N) is 2. The molecule has 0 atom stereocenters. The Kier molecular flexibility index (Phi) is 3.14. The SMILES string of the molecule is [c]1cccc(CSc2ncccn2)c1. The molecule has 0 aliphatic carbocycles. The van der Waals surface area contributed by atoms with Crippen molar-refractivity contribution in [3.05, 3.63) is 54.4 Å². The van der Waals surface area contributed by atoms with Crippen LogP contribution in [0.1, 0.15) is 5.56 Å². The number of thioether (sulfide) groups is 1. The molecular formula is C11H9N2S. The second-order valence-electron chi connectivity index (χ2n) is 2.73. The maximum absolute atomic E-state index is 4.14. The number of hydrogen-bond donors (Lipinski definition) is 0. The van der Waals surface area contributed by atoms with E-state index >= 15 is 0 Å². The van der Waals surface area contributed by atoms with Gasteiger partial charge in [-0.15, -0.1) is 0 Å². The van der Waals surface area contributed by atoms with E-state index in [9.17, 15) is 0 Å². The summed E-state index contributed by atoms with van der Waals surface area (Å²) in [5.41, 5.74) is 1.24. The molecule has 0 aliphatic heterocycles. The molecule has 3 heteroatoms. The topological polar surface area (TPSA) is 25.8 Å². The average Bonchev–Trinajstić information content (AvgIpc) is 2.29. The van der Waals surface area contributed by atoms with Gasteiger partial charge in [0.15, 0.2) is 5.16 Å². The van der Waals surface area contributed by atoms with Crippen LogP contribution < -0.4 is 0 Å². The molecule has 0 saturated carbocycles. The van der Waals surface area contributed by atoms with Gasteiger partial charge < -0.3 is 0 Å². The summed E-state index contributed by atoms with van der Waals surface area (Å²) in [6.07, 6.45) is 3.51. The van der Waals surface area contributed by atoms with Gasteiger partial charge in [-0.3, -0.25) is 0 Å². The number of rotatable bonds is 3. The lowest BCUT2D eigenvalue weighted by Crippen LogP contribution is -1.85. The normalized spacial score (nSPS) is 10.0. The van der Waals surface area contributed by atoms with Crippen molar-refractivity contribution in [2.24, 2.45) is 0 Å². The third-order valence-electron chi connectivity index (χ3n) is 1.68. The molecule has 0 saturated heterocycles. The van der Waals surface area contributed by atoms with Gasteiger partial charge in [-0.25, -0.2) is 9.97 Å². The summed E-state index contributed by atoms with van der Waals surface area (Å²) >= 11 is 1.63. The zero-order valence-corrected chi connectivity index (χ0v) is 8.37. The summed E-state index contributed by atoms with van der Waals surface area (Å²) in [5, 5.41) is 0.816. The van der Waals surface area contributed by atoms with E-state index in [2.05, 4.69) is 22.1 Å². The fraction of sp³-hybridized carbons (Fsp3) is 0.0909. The largest absolute Gasteiger partial charge is 0.231 e. The van der Waals surface area contributed by atoms with E-state index < -0.39 is 0 Å². The van der Waals surface area contributed by atoms with E-state index in [-0.39, 0.29) is 0 Å². The standard InChI is InChI=1S/C11H9N2S/c1-2-5-10(6-3-1)9-14-11-12-7-4-8-13-11/h1-2,4-8H,9H2. The summed E-state index contributed by atoms with van der Waals surface area (Å²) in [7, 11) is 0. The first-order valence-corrected chi connectivity index (χ1v) is 5.28. The molecule has 0 N–H and O–H groups in total. The molecule has 1 aromatic carbocycles. The second-order valence-corrected chi connectivity index (χ2v) is 3.67. The maximum Gasteiger partial charge on any atom is 0.187 e. The molecule has 14 heavy (non-hydrogen) atoms. The fourth-order valence-corrected chi connectivity index (χ4v) is 1.77. The summed E-state index contributed by atoms with van der Waals surface area (Å²) in [5.74, 6) is 0.890. The monoisotopic (exact) mass is 201 g/mol. The maximum atomic E-state index is 4.14. The van der Waals surface area contributed by atoms with Crippen LogP contribution in [-0.2, 0) is 5.75 Å². The predicted molar refractivity (Wildman–Crippen MR) is 56.9 cm³/mol. The van der Waals surface area contributed by atoms with Gasteiger partial charge in [0.1, 0.15) is 0 Å². The molecule has 1 aromatic heterocycles. The Bertz CT molecular complexity index is 336. The van der Waals surface area contributed by atoms with Gasteiger partial charge in [-0.05, 0) is 17.7 Å². The van der Waals surface area contributed by atoms with Crippen molar-refractivity contribution in [1.29, 1.82) is 0 Å². The Morgan fingerprint density at radius 2 is 2.07 bits per heavy atom. The van der Waals surface area contributed by atoms with Crippen molar-refractivity contribution in [3.63, 3.8) is 0 Å². The van der Waals surface area contributed by atoms with Crippen LogP contribution in [0.5, 0.6) is 0 Å². The first kappa shape index (κ1) is 9.21. The van der Waals surface area contributed by atoms with E-state index in [0.29, 0.717) is 0 Å². The van der Waals surface area contributed by atoms with E-state index in [4.69, 9.17) is 0 Å². The van der Waals surface area contributed by atoms with E-state index in [1.165, 1.54) is 5.56 Å². The van der Waals surface area contributed by atoms with Crippen molar-refractivity contribution in [2.45, 2.75) is 10.9 Å². The highest BCUT2D eigenvalue weighted by atomic mass is 32.2. The van der Waals surface area contributed by atoms with Crippen LogP contribution in [0.25, 0.3) is 0 Å². The highest BCUT2D eigenvalue weighted by Gasteiger charge is 1.96. The van der Waals surface area contributed by atoms with Crippen LogP contribution in [0.2, 0.25) is 0 Å². The van der Waals surface area contributed by atoms with Gasteiger partial charge in [-0.1, -0.05) is 36.0 Å². The van der Waals surface area contributed by atoms with Gasteiger partial charge in [0.2, 0.25) is 0 Å². The van der Waals surface area contributed by atoms with Crippen LogP contribution in [0.4, 0.5) is 0 Å². The van der Waals surface area contributed by atoms with Crippen molar-refractivity contribution in [3.8, 4) is 0 Å². The molecule has 0 spiro atoms. The second kappa shape index (κ2) is 4.77. The number of benzene rings is 1. The molecule has 0 aliphatic rings. The van der Waals surface area contributed by atoms with Crippen molar-refractivity contribution < 1.29 is 0 Å². The minimum atomic E-state index is 0.816. The lowest BCUT2D eigenvalue weighted by Gasteiger charge is -1.98. The molecule has 0 unspecified atom stereocenters. The van der Waals surface area contributed by atoms with Gasteiger partial charge in [0, 0.05) is 18.1 Å².